The zero-order valence-corrected chi connectivity index (χ0v) is 8.66. The molecule has 0 aliphatic heterocycles. The number of aliphatic carboxylic acids is 1. The summed E-state index contributed by atoms with van der Waals surface area (Å²) in [5.74, 6) is -2.23. The van der Waals surface area contributed by atoms with Crippen LogP contribution in [0.1, 0.15) is 19.8 Å². The Balaban J connectivity index is 2.84. The molecule has 1 saturated carbocycles. The largest absolute Gasteiger partial charge is 0.479 e. The third kappa shape index (κ3) is 2.49. The molecule has 1 rings (SSSR count). The van der Waals surface area contributed by atoms with Gasteiger partial charge in [0.1, 0.15) is 12.2 Å². The van der Waals surface area contributed by atoms with Crippen LogP contribution in [-0.4, -0.2) is 56.3 Å². The number of carbonyl (C=O) groups is 2. The maximum atomic E-state index is 10.8. The molecular formula is C9H14O7. The molecule has 0 spiro atoms. The summed E-state index contributed by atoms with van der Waals surface area (Å²) in [5, 5.41) is 37.3. The topological polar surface area (TPSA) is 124 Å². The average molecular weight is 234 g/mol. The summed E-state index contributed by atoms with van der Waals surface area (Å²) in [6, 6.07) is 0. The Hall–Kier alpha value is -1.18. The number of ether oxygens (including phenoxy) is 1. The maximum Gasteiger partial charge on any atom is 0.335 e. The van der Waals surface area contributed by atoms with Gasteiger partial charge in [-0.1, -0.05) is 0 Å². The van der Waals surface area contributed by atoms with Crippen LogP contribution in [0.5, 0.6) is 0 Å². The zero-order chi connectivity index (χ0) is 12.5. The van der Waals surface area contributed by atoms with Crippen molar-refractivity contribution in [2.45, 2.75) is 43.7 Å². The molecule has 7 heteroatoms. The van der Waals surface area contributed by atoms with E-state index in [4.69, 9.17) is 5.11 Å². The van der Waals surface area contributed by atoms with E-state index in [1.54, 1.807) is 0 Å². The van der Waals surface area contributed by atoms with Gasteiger partial charge in [-0.25, -0.2) is 4.79 Å². The number of carbonyl (C=O) groups excluding carboxylic acids is 1. The first-order valence-corrected chi connectivity index (χ1v) is 4.75. The number of rotatable bonds is 2. The van der Waals surface area contributed by atoms with E-state index in [0.717, 1.165) is 6.92 Å². The Labute approximate surface area is 91.3 Å². The van der Waals surface area contributed by atoms with Crippen LogP contribution in [0.4, 0.5) is 0 Å². The van der Waals surface area contributed by atoms with Crippen molar-refractivity contribution in [2.24, 2.45) is 0 Å². The third-order valence-corrected chi connectivity index (χ3v) is 2.58. The molecule has 0 bridgehead atoms. The van der Waals surface area contributed by atoms with Crippen molar-refractivity contribution in [3.63, 3.8) is 0 Å². The molecule has 0 aromatic carbocycles. The first-order valence-electron chi connectivity index (χ1n) is 4.75. The van der Waals surface area contributed by atoms with E-state index in [1.165, 1.54) is 0 Å². The van der Waals surface area contributed by atoms with E-state index in [2.05, 4.69) is 4.74 Å². The fourth-order valence-electron chi connectivity index (χ4n) is 1.75. The highest BCUT2D eigenvalue weighted by Crippen LogP contribution is 2.31. The van der Waals surface area contributed by atoms with Gasteiger partial charge in [0.05, 0.1) is 6.10 Å². The smallest absolute Gasteiger partial charge is 0.335 e. The number of carboxylic acid groups (broad SMARTS) is 1. The van der Waals surface area contributed by atoms with Crippen molar-refractivity contribution in [3.05, 3.63) is 0 Å². The minimum absolute atomic E-state index is 0.444. The van der Waals surface area contributed by atoms with Gasteiger partial charge in [-0.05, 0) is 0 Å². The quantitative estimate of drug-likeness (QED) is 0.417. The molecule has 1 aliphatic rings. The lowest BCUT2D eigenvalue weighted by atomic mass is 9.79. The van der Waals surface area contributed by atoms with Crippen molar-refractivity contribution < 1.29 is 34.8 Å². The Morgan fingerprint density at radius 3 is 2.31 bits per heavy atom. The number of aliphatic hydroxyl groups is 3. The van der Waals surface area contributed by atoms with E-state index in [9.17, 15) is 24.9 Å². The van der Waals surface area contributed by atoms with Gasteiger partial charge >= 0.3 is 11.9 Å². The molecule has 16 heavy (non-hydrogen) atoms. The third-order valence-electron chi connectivity index (χ3n) is 2.58. The van der Waals surface area contributed by atoms with Gasteiger partial charge in [-0.2, -0.15) is 0 Å². The Kier molecular flexibility index (Phi) is 3.51. The molecule has 7 nitrogen and oxygen atoms in total. The van der Waals surface area contributed by atoms with Crippen molar-refractivity contribution >= 4 is 11.9 Å². The molecule has 1 fully saturated rings. The Morgan fingerprint density at radius 1 is 1.31 bits per heavy atom. The summed E-state index contributed by atoms with van der Waals surface area (Å²) in [5.41, 5.74) is -2.18. The molecule has 0 aromatic heterocycles. The first-order chi connectivity index (χ1) is 7.26. The summed E-state index contributed by atoms with van der Waals surface area (Å²) in [4.78, 5) is 21.5. The molecule has 4 unspecified atom stereocenters. The lowest BCUT2D eigenvalue weighted by Gasteiger charge is -2.39. The summed E-state index contributed by atoms with van der Waals surface area (Å²) in [6.07, 6.45) is -4.99. The molecule has 0 radical (unpaired) electrons. The minimum atomic E-state index is -2.18. The van der Waals surface area contributed by atoms with Crippen molar-refractivity contribution in [2.75, 3.05) is 0 Å². The van der Waals surface area contributed by atoms with Crippen molar-refractivity contribution in [1.29, 1.82) is 0 Å². The number of aliphatic hydroxyl groups excluding tert-OH is 2. The predicted octanol–water partition coefficient (Wildman–Crippen LogP) is -1.75. The van der Waals surface area contributed by atoms with Gasteiger partial charge in [-0.3, -0.25) is 4.79 Å². The molecule has 4 atom stereocenters. The Bertz CT molecular complexity index is 302. The number of esters is 1. The minimum Gasteiger partial charge on any atom is -0.479 e. The van der Waals surface area contributed by atoms with Gasteiger partial charge < -0.3 is 25.2 Å². The maximum absolute atomic E-state index is 10.8. The van der Waals surface area contributed by atoms with Crippen molar-refractivity contribution in [1.82, 2.24) is 0 Å². The molecule has 92 valence electrons. The van der Waals surface area contributed by atoms with Gasteiger partial charge in [-0.15, -0.1) is 0 Å². The highest BCUT2D eigenvalue weighted by atomic mass is 16.6. The molecule has 0 saturated heterocycles. The van der Waals surface area contributed by atoms with Crippen LogP contribution in [0.15, 0.2) is 0 Å². The second kappa shape index (κ2) is 4.36. The van der Waals surface area contributed by atoms with Crippen LogP contribution in [0.25, 0.3) is 0 Å². The Morgan fingerprint density at radius 2 is 1.88 bits per heavy atom. The summed E-state index contributed by atoms with van der Waals surface area (Å²) in [7, 11) is 0. The SMILES string of the molecule is CC(=O)OC1CC(O)(C(=O)O)CC(O)C1O. The van der Waals surface area contributed by atoms with Gasteiger partial charge in [0.2, 0.25) is 0 Å². The summed E-state index contributed by atoms with van der Waals surface area (Å²) < 4.78 is 4.65. The lowest BCUT2D eigenvalue weighted by molar-refractivity contribution is -0.197. The van der Waals surface area contributed by atoms with E-state index >= 15 is 0 Å². The fraction of sp³-hybridized carbons (Fsp3) is 0.778. The van der Waals surface area contributed by atoms with E-state index in [0.29, 0.717) is 0 Å². The first kappa shape index (κ1) is 12.9. The molecule has 0 aromatic rings. The number of carboxylic acids is 1. The number of hydrogen-bond acceptors (Lipinski definition) is 6. The van der Waals surface area contributed by atoms with Gasteiger partial charge in [0.25, 0.3) is 0 Å². The molecule has 4 N–H and O–H groups in total. The van der Waals surface area contributed by atoms with Crippen LogP contribution in [0, 0.1) is 0 Å². The summed E-state index contributed by atoms with van der Waals surface area (Å²) in [6.45, 7) is 1.09. The van der Waals surface area contributed by atoms with Crippen molar-refractivity contribution in [3.8, 4) is 0 Å². The fourth-order valence-corrected chi connectivity index (χ4v) is 1.75. The monoisotopic (exact) mass is 234 g/mol. The summed E-state index contributed by atoms with van der Waals surface area (Å²) >= 11 is 0. The van der Waals surface area contributed by atoms with Gasteiger partial charge in [0, 0.05) is 19.8 Å². The molecular weight excluding hydrogens is 220 g/mol. The van der Waals surface area contributed by atoms with E-state index in [-0.39, 0.29) is 0 Å². The van der Waals surface area contributed by atoms with Crippen LogP contribution in [-0.2, 0) is 14.3 Å². The second-order valence-corrected chi connectivity index (χ2v) is 3.95. The molecule has 0 amide bonds. The second-order valence-electron chi connectivity index (χ2n) is 3.95. The van der Waals surface area contributed by atoms with E-state index < -0.39 is 48.7 Å². The predicted molar refractivity (Wildman–Crippen MR) is 49.4 cm³/mol. The van der Waals surface area contributed by atoms with Crippen LogP contribution in [0.3, 0.4) is 0 Å². The molecule has 1 aliphatic carbocycles. The standard InChI is InChI=1S/C9H14O7/c1-4(10)16-6-3-9(15,8(13)14)2-5(11)7(6)12/h5-7,11-12,15H,2-3H2,1H3,(H,13,14). The van der Waals surface area contributed by atoms with Crippen LogP contribution < -0.4 is 0 Å². The lowest BCUT2D eigenvalue weighted by Crippen LogP contribution is -2.57. The van der Waals surface area contributed by atoms with Crippen LogP contribution in [0.2, 0.25) is 0 Å². The number of hydrogen-bond donors (Lipinski definition) is 4. The highest BCUT2D eigenvalue weighted by Gasteiger charge is 2.50. The normalized spacial score (nSPS) is 39.1. The highest BCUT2D eigenvalue weighted by molar-refractivity contribution is 5.77. The molecule has 0 heterocycles. The van der Waals surface area contributed by atoms with E-state index in [1.807, 2.05) is 0 Å². The van der Waals surface area contributed by atoms with Crippen LogP contribution >= 0.6 is 0 Å². The average Bonchev–Trinajstić information content (AvgIpc) is 2.12. The zero-order valence-electron chi connectivity index (χ0n) is 8.66. The van der Waals surface area contributed by atoms with Gasteiger partial charge in [0.15, 0.2) is 5.60 Å².